The summed E-state index contributed by atoms with van der Waals surface area (Å²) < 4.78 is 19.0. The number of carbonyl (C=O) groups excluding carboxylic acids is 1. The Kier molecular flexibility index (Phi) is 4.32. The van der Waals surface area contributed by atoms with E-state index in [1.165, 1.54) is 12.1 Å². The molecule has 0 bridgehead atoms. The Balaban J connectivity index is 1.59. The van der Waals surface area contributed by atoms with Crippen LogP contribution in [-0.4, -0.2) is 34.1 Å². The molecule has 1 unspecified atom stereocenters. The van der Waals surface area contributed by atoms with Crippen molar-refractivity contribution in [3.8, 4) is 11.1 Å². The number of aryl methyl sites for hydroxylation is 1. The van der Waals surface area contributed by atoms with E-state index in [1.54, 1.807) is 24.6 Å². The largest absolute Gasteiger partial charge is 0.459 e. The minimum absolute atomic E-state index is 0.0796. The molecule has 1 saturated heterocycles. The lowest BCUT2D eigenvalue weighted by molar-refractivity contribution is 0.0672. The molecule has 0 saturated carbocycles. The number of hydrogen-bond acceptors (Lipinski definition) is 3. The second-order valence-electron chi connectivity index (χ2n) is 6.73. The van der Waals surface area contributed by atoms with E-state index >= 15 is 0 Å². The number of carbonyl (C=O) groups is 1. The first-order valence-corrected chi connectivity index (χ1v) is 8.76. The molecule has 5 nitrogen and oxygen atoms in total. The Morgan fingerprint density at radius 1 is 1.38 bits per heavy atom. The predicted octanol–water partition coefficient (Wildman–Crippen LogP) is 4.14. The quantitative estimate of drug-likeness (QED) is 0.770. The number of H-pyrrole nitrogens is 1. The van der Waals surface area contributed by atoms with Gasteiger partial charge in [-0.15, -0.1) is 0 Å². The zero-order valence-corrected chi connectivity index (χ0v) is 14.5. The number of furan rings is 1. The van der Waals surface area contributed by atoms with E-state index in [-0.39, 0.29) is 17.6 Å². The standard InChI is InChI=1S/C20H20FN3O2/c1-13-7-9-26-19(13)20(25)24-8-3-5-15(12-24)18-17(11-22-23-18)14-4-2-6-16(21)10-14/h2,4,6-7,9-11,15H,3,5,8,12H2,1H3,(H,22,23). The van der Waals surface area contributed by atoms with Crippen molar-refractivity contribution in [3.63, 3.8) is 0 Å². The fraction of sp³-hybridized carbons (Fsp3) is 0.300. The SMILES string of the molecule is Cc1ccoc1C(=O)N1CCCC(c2[nH]ncc2-c2cccc(F)c2)C1. The Hall–Kier alpha value is -2.89. The number of nitrogens with one attached hydrogen (secondary N) is 1. The number of benzene rings is 1. The molecule has 2 aromatic heterocycles. The van der Waals surface area contributed by atoms with Gasteiger partial charge in [0.1, 0.15) is 5.82 Å². The summed E-state index contributed by atoms with van der Waals surface area (Å²) in [5.74, 6) is 0.178. The highest BCUT2D eigenvalue weighted by molar-refractivity contribution is 5.93. The van der Waals surface area contributed by atoms with Crippen LogP contribution in [0.3, 0.4) is 0 Å². The van der Waals surface area contributed by atoms with Crippen molar-refractivity contribution in [1.29, 1.82) is 0 Å². The van der Waals surface area contributed by atoms with Crippen LogP contribution in [0.5, 0.6) is 0 Å². The van der Waals surface area contributed by atoms with Gasteiger partial charge >= 0.3 is 0 Å². The van der Waals surface area contributed by atoms with Gasteiger partial charge in [0.25, 0.3) is 5.91 Å². The van der Waals surface area contributed by atoms with Crippen LogP contribution in [0, 0.1) is 12.7 Å². The summed E-state index contributed by atoms with van der Waals surface area (Å²) in [5.41, 5.74) is 3.47. The van der Waals surface area contributed by atoms with Crippen molar-refractivity contribution in [2.24, 2.45) is 0 Å². The number of aromatic nitrogens is 2. The molecule has 6 heteroatoms. The van der Waals surface area contributed by atoms with Crippen molar-refractivity contribution >= 4 is 5.91 Å². The first-order valence-electron chi connectivity index (χ1n) is 8.76. The highest BCUT2D eigenvalue weighted by Crippen LogP contribution is 2.33. The van der Waals surface area contributed by atoms with Crippen LogP contribution in [0.15, 0.2) is 47.2 Å². The minimum Gasteiger partial charge on any atom is -0.459 e. The van der Waals surface area contributed by atoms with Crippen LogP contribution in [0.1, 0.15) is 40.6 Å². The van der Waals surface area contributed by atoms with Crippen LogP contribution >= 0.6 is 0 Å². The zero-order valence-electron chi connectivity index (χ0n) is 14.5. The van der Waals surface area contributed by atoms with E-state index in [0.717, 1.165) is 35.2 Å². The molecule has 1 amide bonds. The molecule has 0 spiro atoms. The van der Waals surface area contributed by atoms with Gasteiger partial charge in [-0.1, -0.05) is 12.1 Å². The highest BCUT2D eigenvalue weighted by atomic mass is 19.1. The lowest BCUT2D eigenvalue weighted by atomic mass is 9.90. The van der Waals surface area contributed by atoms with Crippen LogP contribution in [0.4, 0.5) is 4.39 Å². The molecule has 1 aromatic carbocycles. The number of likely N-dealkylation sites (tertiary alicyclic amines) is 1. The molecule has 4 rings (SSSR count). The van der Waals surface area contributed by atoms with Gasteiger partial charge < -0.3 is 9.32 Å². The molecule has 1 aliphatic heterocycles. The maximum absolute atomic E-state index is 13.6. The molecule has 26 heavy (non-hydrogen) atoms. The first kappa shape index (κ1) is 16.6. The Morgan fingerprint density at radius 2 is 2.27 bits per heavy atom. The van der Waals surface area contributed by atoms with E-state index in [4.69, 9.17) is 4.42 Å². The first-order chi connectivity index (χ1) is 12.6. The van der Waals surface area contributed by atoms with Gasteiger partial charge in [0, 0.05) is 35.8 Å². The van der Waals surface area contributed by atoms with E-state index in [9.17, 15) is 9.18 Å². The average molecular weight is 353 g/mol. The molecule has 0 radical (unpaired) electrons. The molecule has 1 aliphatic rings. The number of rotatable bonds is 3. The van der Waals surface area contributed by atoms with E-state index < -0.39 is 0 Å². The van der Waals surface area contributed by atoms with E-state index in [2.05, 4.69) is 10.2 Å². The van der Waals surface area contributed by atoms with E-state index in [1.807, 2.05) is 17.9 Å². The Morgan fingerprint density at radius 3 is 3.04 bits per heavy atom. The van der Waals surface area contributed by atoms with Crippen molar-refractivity contribution in [2.45, 2.75) is 25.7 Å². The van der Waals surface area contributed by atoms with Gasteiger partial charge in [0.05, 0.1) is 12.5 Å². The van der Waals surface area contributed by atoms with Crippen LogP contribution < -0.4 is 0 Å². The Bertz CT molecular complexity index is 931. The number of piperidine rings is 1. The van der Waals surface area contributed by atoms with Gasteiger partial charge in [0.2, 0.25) is 0 Å². The van der Waals surface area contributed by atoms with Crippen LogP contribution in [0.25, 0.3) is 11.1 Å². The summed E-state index contributed by atoms with van der Waals surface area (Å²) >= 11 is 0. The van der Waals surface area contributed by atoms with Gasteiger partial charge in [-0.3, -0.25) is 9.89 Å². The second-order valence-corrected chi connectivity index (χ2v) is 6.73. The molecular weight excluding hydrogens is 333 g/mol. The molecule has 3 aromatic rings. The van der Waals surface area contributed by atoms with Crippen LogP contribution in [0.2, 0.25) is 0 Å². The molecule has 134 valence electrons. The van der Waals surface area contributed by atoms with Gasteiger partial charge in [-0.2, -0.15) is 5.10 Å². The predicted molar refractivity (Wildman–Crippen MR) is 95.3 cm³/mol. The Labute approximate surface area is 150 Å². The molecular formula is C20H20FN3O2. The summed E-state index contributed by atoms with van der Waals surface area (Å²) in [7, 11) is 0. The summed E-state index contributed by atoms with van der Waals surface area (Å²) in [5, 5.41) is 7.23. The number of aromatic amines is 1. The number of halogens is 1. The fourth-order valence-corrected chi connectivity index (χ4v) is 3.63. The van der Waals surface area contributed by atoms with E-state index in [0.29, 0.717) is 18.8 Å². The lowest BCUT2D eigenvalue weighted by Gasteiger charge is -2.32. The third-order valence-electron chi connectivity index (χ3n) is 4.98. The van der Waals surface area contributed by atoms with Crippen molar-refractivity contribution in [2.75, 3.05) is 13.1 Å². The van der Waals surface area contributed by atoms with Crippen molar-refractivity contribution < 1.29 is 13.6 Å². The third kappa shape index (κ3) is 3.03. The monoisotopic (exact) mass is 353 g/mol. The van der Waals surface area contributed by atoms with Gasteiger partial charge in [-0.25, -0.2) is 4.39 Å². The highest BCUT2D eigenvalue weighted by Gasteiger charge is 2.30. The second kappa shape index (κ2) is 6.78. The zero-order chi connectivity index (χ0) is 18.1. The topological polar surface area (TPSA) is 62.1 Å². The normalized spacial score (nSPS) is 17.5. The van der Waals surface area contributed by atoms with Gasteiger partial charge in [0.15, 0.2) is 5.76 Å². The van der Waals surface area contributed by atoms with Crippen molar-refractivity contribution in [1.82, 2.24) is 15.1 Å². The number of amides is 1. The molecule has 0 aliphatic carbocycles. The fourth-order valence-electron chi connectivity index (χ4n) is 3.63. The number of hydrogen-bond donors (Lipinski definition) is 1. The molecule has 1 atom stereocenters. The molecule has 1 N–H and O–H groups in total. The minimum atomic E-state index is -0.275. The molecule has 3 heterocycles. The summed E-state index contributed by atoms with van der Waals surface area (Å²) in [6.45, 7) is 3.16. The van der Waals surface area contributed by atoms with Gasteiger partial charge in [-0.05, 0) is 43.5 Å². The van der Waals surface area contributed by atoms with Crippen molar-refractivity contribution in [3.05, 3.63) is 65.6 Å². The number of nitrogens with zero attached hydrogens (tertiary/aromatic N) is 2. The summed E-state index contributed by atoms with van der Waals surface area (Å²) in [6, 6.07) is 8.29. The maximum atomic E-state index is 13.6. The lowest BCUT2D eigenvalue weighted by Crippen LogP contribution is -2.39. The average Bonchev–Trinajstić information content (AvgIpc) is 3.30. The molecule has 1 fully saturated rings. The van der Waals surface area contributed by atoms with Crippen LogP contribution in [-0.2, 0) is 0 Å². The maximum Gasteiger partial charge on any atom is 0.289 e. The summed E-state index contributed by atoms with van der Waals surface area (Å²) in [4.78, 5) is 14.6. The third-order valence-corrected chi connectivity index (χ3v) is 4.98. The summed E-state index contributed by atoms with van der Waals surface area (Å²) in [6.07, 6.45) is 5.12. The smallest absolute Gasteiger partial charge is 0.289 e.